The van der Waals surface area contributed by atoms with Gasteiger partial charge in [-0.25, -0.2) is 4.39 Å². The van der Waals surface area contributed by atoms with Crippen LogP contribution in [0.4, 0.5) is 4.39 Å². The molecule has 2 rings (SSSR count). The van der Waals surface area contributed by atoms with Crippen molar-refractivity contribution in [2.75, 3.05) is 13.1 Å². The second-order valence-corrected chi connectivity index (χ2v) is 3.42. The molecule has 1 aromatic rings. The summed E-state index contributed by atoms with van der Waals surface area (Å²) in [6, 6.07) is 9.79. The zero-order valence-corrected chi connectivity index (χ0v) is 8.11. The van der Waals surface area contributed by atoms with Crippen molar-refractivity contribution < 1.29 is 4.39 Å². The maximum absolute atomic E-state index is 13.5. The first kappa shape index (κ1) is 10.5. The lowest BCUT2D eigenvalue weighted by molar-refractivity contribution is 0.0912. The van der Waals surface area contributed by atoms with Gasteiger partial charge in [0.25, 0.3) is 0 Å². The lowest BCUT2D eigenvalue weighted by Gasteiger charge is -2.35. The molecular weight excluding hydrogens is 189 g/mol. The van der Waals surface area contributed by atoms with E-state index in [1.807, 2.05) is 30.3 Å². The van der Waals surface area contributed by atoms with E-state index < -0.39 is 5.67 Å². The molecule has 1 N–H and O–H groups in total. The van der Waals surface area contributed by atoms with Crippen molar-refractivity contribution in [2.45, 2.75) is 12.1 Å². The highest BCUT2D eigenvalue weighted by Crippen LogP contribution is 2.21. The van der Waals surface area contributed by atoms with Crippen LogP contribution in [-0.2, 0) is 6.42 Å². The van der Waals surface area contributed by atoms with E-state index in [4.69, 9.17) is 0 Å². The maximum atomic E-state index is 13.5. The van der Waals surface area contributed by atoms with Crippen molar-refractivity contribution in [3.8, 4) is 0 Å². The molecule has 1 aromatic carbocycles. The van der Waals surface area contributed by atoms with E-state index >= 15 is 0 Å². The Hall–Kier alpha value is -0.600. The largest absolute Gasteiger partial charge is 0.310 e. The standard InChI is InChI=1S/C10H12FN.ClH/c11-10(7-12-8-10)6-9-4-2-1-3-5-9;/h1-5,12H,6-8H2;1H. The van der Waals surface area contributed by atoms with E-state index in [-0.39, 0.29) is 12.4 Å². The van der Waals surface area contributed by atoms with Gasteiger partial charge in [-0.15, -0.1) is 12.4 Å². The Labute approximate surface area is 83.8 Å². The van der Waals surface area contributed by atoms with Crippen LogP contribution in [-0.4, -0.2) is 18.8 Å². The number of benzene rings is 1. The fraction of sp³-hybridized carbons (Fsp3) is 0.400. The van der Waals surface area contributed by atoms with Crippen molar-refractivity contribution in [3.05, 3.63) is 35.9 Å². The van der Waals surface area contributed by atoms with Gasteiger partial charge in [-0.05, 0) is 5.56 Å². The molecule has 0 spiro atoms. The van der Waals surface area contributed by atoms with Crippen molar-refractivity contribution in [2.24, 2.45) is 0 Å². The number of rotatable bonds is 2. The lowest BCUT2D eigenvalue weighted by atomic mass is 9.91. The molecule has 1 saturated heterocycles. The Morgan fingerprint density at radius 3 is 2.31 bits per heavy atom. The van der Waals surface area contributed by atoms with E-state index in [9.17, 15) is 4.39 Å². The summed E-state index contributed by atoms with van der Waals surface area (Å²) in [5, 5.41) is 2.95. The molecule has 1 fully saturated rings. The molecule has 0 radical (unpaired) electrons. The van der Waals surface area contributed by atoms with E-state index in [0.717, 1.165) is 5.56 Å². The van der Waals surface area contributed by atoms with Crippen molar-refractivity contribution in [1.29, 1.82) is 0 Å². The molecule has 1 aliphatic heterocycles. The SMILES string of the molecule is Cl.FC1(Cc2ccccc2)CNC1. The molecule has 1 nitrogen and oxygen atoms in total. The molecule has 1 heterocycles. The molecule has 0 atom stereocenters. The van der Waals surface area contributed by atoms with E-state index in [2.05, 4.69) is 5.32 Å². The van der Waals surface area contributed by atoms with Crippen LogP contribution in [0.25, 0.3) is 0 Å². The minimum absolute atomic E-state index is 0. The van der Waals surface area contributed by atoms with Gasteiger partial charge in [-0.1, -0.05) is 30.3 Å². The molecule has 72 valence electrons. The molecule has 0 aliphatic carbocycles. The van der Waals surface area contributed by atoms with Crippen LogP contribution in [0.15, 0.2) is 30.3 Å². The second-order valence-electron chi connectivity index (χ2n) is 3.42. The topological polar surface area (TPSA) is 12.0 Å². The highest BCUT2D eigenvalue weighted by Gasteiger charge is 2.36. The first-order valence-corrected chi connectivity index (χ1v) is 4.22. The first-order valence-electron chi connectivity index (χ1n) is 4.22. The maximum Gasteiger partial charge on any atom is 0.139 e. The summed E-state index contributed by atoms with van der Waals surface area (Å²) in [7, 11) is 0. The third kappa shape index (κ3) is 2.42. The smallest absolute Gasteiger partial charge is 0.139 e. The fourth-order valence-electron chi connectivity index (χ4n) is 1.48. The normalized spacial score (nSPS) is 18.5. The summed E-state index contributed by atoms with van der Waals surface area (Å²) in [6.07, 6.45) is 0.542. The molecule has 0 aromatic heterocycles. The Morgan fingerprint density at radius 2 is 1.85 bits per heavy atom. The summed E-state index contributed by atoms with van der Waals surface area (Å²) in [4.78, 5) is 0. The van der Waals surface area contributed by atoms with Crippen LogP contribution in [0, 0.1) is 0 Å². The van der Waals surface area contributed by atoms with E-state index in [1.165, 1.54) is 0 Å². The van der Waals surface area contributed by atoms with Gasteiger partial charge in [0.2, 0.25) is 0 Å². The molecule has 1 aliphatic rings. The molecule has 0 unspecified atom stereocenters. The van der Waals surface area contributed by atoms with Crippen LogP contribution in [0.3, 0.4) is 0 Å². The van der Waals surface area contributed by atoms with Crippen molar-refractivity contribution >= 4 is 12.4 Å². The summed E-state index contributed by atoms with van der Waals surface area (Å²) >= 11 is 0. The average molecular weight is 202 g/mol. The third-order valence-electron chi connectivity index (χ3n) is 2.25. The Bertz CT molecular complexity index is 259. The molecular formula is C10H13ClFN. The zero-order valence-electron chi connectivity index (χ0n) is 7.29. The summed E-state index contributed by atoms with van der Waals surface area (Å²) in [5.41, 5.74) is 0.1000. The van der Waals surface area contributed by atoms with Crippen LogP contribution in [0.5, 0.6) is 0 Å². The van der Waals surface area contributed by atoms with E-state index in [1.54, 1.807) is 0 Å². The zero-order chi connectivity index (χ0) is 8.44. The van der Waals surface area contributed by atoms with Gasteiger partial charge >= 0.3 is 0 Å². The quantitative estimate of drug-likeness (QED) is 0.772. The van der Waals surface area contributed by atoms with Crippen LogP contribution in [0.2, 0.25) is 0 Å². The van der Waals surface area contributed by atoms with Gasteiger partial charge in [0.15, 0.2) is 0 Å². The Kier molecular flexibility index (Phi) is 3.28. The third-order valence-corrected chi connectivity index (χ3v) is 2.25. The number of nitrogens with one attached hydrogen (secondary N) is 1. The molecule has 13 heavy (non-hydrogen) atoms. The first-order chi connectivity index (χ1) is 5.79. The summed E-state index contributed by atoms with van der Waals surface area (Å²) < 4.78 is 13.5. The predicted molar refractivity (Wildman–Crippen MR) is 54.1 cm³/mol. The lowest BCUT2D eigenvalue weighted by Crippen LogP contribution is -2.57. The van der Waals surface area contributed by atoms with Gasteiger partial charge < -0.3 is 5.32 Å². The van der Waals surface area contributed by atoms with Gasteiger partial charge in [0, 0.05) is 19.5 Å². The van der Waals surface area contributed by atoms with Gasteiger partial charge in [-0.2, -0.15) is 0 Å². The number of halogens is 2. The number of hydrogen-bond acceptors (Lipinski definition) is 1. The highest BCUT2D eigenvalue weighted by atomic mass is 35.5. The Morgan fingerprint density at radius 1 is 1.23 bits per heavy atom. The predicted octanol–water partition coefficient (Wildman–Crippen LogP) is 1.96. The fourth-order valence-corrected chi connectivity index (χ4v) is 1.48. The van der Waals surface area contributed by atoms with Gasteiger partial charge in [0.05, 0.1) is 0 Å². The van der Waals surface area contributed by atoms with Gasteiger partial charge in [-0.3, -0.25) is 0 Å². The van der Waals surface area contributed by atoms with Crippen LogP contribution >= 0.6 is 12.4 Å². The minimum atomic E-state index is -0.985. The summed E-state index contributed by atoms with van der Waals surface area (Å²) in [5.74, 6) is 0. The monoisotopic (exact) mass is 201 g/mol. The molecule has 0 amide bonds. The molecule has 3 heteroatoms. The Balaban J connectivity index is 0.000000845. The van der Waals surface area contributed by atoms with E-state index in [0.29, 0.717) is 19.5 Å². The number of hydrogen-bond donors (Lipinski definition) is 1. The number of alkyl halides is 1. The van der Waals surface area contributed by atoms with Crippen molar-refractivity contribution in [1.82, 2.24) is 5.32 Å². The van der Waals surface area contributed by atoms with Gasteiger partial charge in [0.1, 0.15) is 5.67 Å². The summed E-state index contributed by atoms with van der Waals surface area (Å²) in [6.45, 7) is 1.00. The molecule has 0 bridgehead atoms. The van der Waals surface area contributed by atoms with Crippen LogP contribution < -0.4 is 5.32 Å². The van der Waals surface area contributed by atoms with Crippen LogP contribution in [0.1, 0.15) is 5.56 Å². The average Bonchev–Trinajstić information content (AvgIpc) is 2.04. The molecule has 0 saturated carbocycles. The van der Waals surface area contributed by atoms with Crippen molar-refractivity contribution in [3.63, 3.8) is 0 Å². The minimum Gasteiger partial charge on any atom is -0.310 e. The second kappa shape index (κ2) is 4.07. The highest BCUT2D eigenvalue weighted by molar-refractivity contribution is 5.85.